The van der Waals surface area contributed by atoms with Gasteiger partial charge >= 0.3 is 0 Å². The molecule has 2 aromatic rings. The third kappa shape index (κ3) is 4.64. The maximum Gasteiger partial charge on any atom is 0.239 e. The molecule has 1 unspecified atom stereocenters. The number of halogens is 3. The van der Waals surface area contributed by atoms with Gasteiger partial charge in [-0.2, -0.15) is 0 Å². The van der Waals surface area contributed by atoms with E-state index in [2.05, 4.69) is 10.6 Å². The second-order valence-electron chi connectivity index (χ2n) is 6.34. The fraction of sp³-hybridized carbons (Fsp3) is 0.316. The van der Waals surface area contributed by atoms with Gasteiger partial charge in [0.15, 0.2) is 11.6 Å². The lowest BCUT2D eigenvalue weighted by Gasteiger charge is -2.19. The molecule has 1 aliphatic heterocycles. The van der Waals surface area contributed by atoms with E-state index in [0.29, 0.717) is 23.8 Å². The highest BCUT2D eigenvalue weighted by Gasteiger charge is 2.23. The van der Waals surface area contributed by atoms with E-state index in [1.54, 1.807) is 12.1 Å². The topological polar surface area (TPSA) is 44.4 Å². The average Bonchev–Trinajstić information content (AvgIpc) is 3.10. The van der Waals surface area contributed by atoms with Crippen molar-refractivity contribution < 1.29 is 13.6 Å². The summed E-state index contributed by atoms with van der Waals surface area (Å²) < 4.78 is 26.4. The van der Waals surface area contributed by atoms with Gasteiger partial charge in [-0.15, -0.1) is 0 Å². The Bertz CT molecular complexity index is 787. The molecule has 138 valence electrons. The first kappa shape index (κ1) is 18.5. The van der Waals surface area contributed by atoms with Crippen LogP contribution in [0.25, 0.3) is 0 Å². The third-order valence-corrected chi connectivity index (χ3v) is 4.78. The van der Waals surface area contributed by atoms with Crippen molar-refractivity contribution in [2.75, 3.05) is 36.4 Å². The van der Waals surface area contributed by atoms with Crippen LogP contribution in [-0.4, -0.2) is 32.1 Å². The zero-order valence-electron chi connectivity index (χ0n) is 14.1. The van der Waals surface area contributed by atoms with Crippen LogP contribution >= 0.6 is 11.6 Å². The van der Waals surface area contributed by atoms with Crippen LogP contribution in [0.4, 0.5) is 20.2 Å². The minimum absolute atomic E-state index is 0.115. The Morgan fingerprint density at radius 1 is 1.19 bits per heavy atom. The third-order valence-electron chi connectivity index (χ3n) is 4.46. The van der Waals surface area contributed by atoms with Crippen LogP contribution in [-0.2, 0) is 4.79 Å². The number of para-hydroxylation sites is 1. The highest BCUT2D eigenvalue weighted by molar-refractivity contribution is 6.33. The van der Waals surface area contributed by atoms with Crippen LogP contribution in [0.2, 0.25) is 5.02 Å². The predicted octanol–water partition coefficient (Wildman–Crippen LogP) is 3.67. The lowest BCUT2D eigenvalue weighted by Crippen LogP contribution is -2.34. The molecule has 2 aromatic carbocycles. The van der Waals surface area contributed by atoms with Crippen LogP contribution in [0, 0.1) is 17.6 Å². The Morgan fingerprint density at radius 3 is 2.77 bits per heavy atom. The molecule has 1 saturated heterocycles. The summed E-state index contributed by atoms with van der Waals surface area (Å²) in [5.41, 5.74) is 1.38. The number of benzene rings is 2. The Hall–Kier alpha value is -2.34. The van der Waals surface area contributed by atoms with Crippen LogP contribution < -0.4 is 15.5 Å². The van der Waals surface area contributed by atoms with Crippen molar-refractivity contribution in [1.82, 2.24) is 5.32 Å². The number of rotatable bonds is 6. The average molecular weight is 380 g/mol. The van der Waals surface area contributed by atoms with Crippen LogP contribution in [0.1, 0.15) is 6.42 Å². The molecule has 1 atom stereocenters. The summed E-state index contributed by atoms with van der Waals surface area (Å²) in [4.78, 5) is 14.0. The molecule has 1 fully saturated rings. The second-order valence-corrected chi connectivity index (χ2v) is 6.74. The van der Waals surface area contributed by atoms with Gasteiger partial charge in [-0.25, -0.2) is 8.78 Å². The Labute approximate surface area is 156 Å². The molecule has 1 aliphatic rings. The molecule has 0 spiro atoms. The molecule has 7 heteroatoms. The molecule has 3 rings (SSSR count). The van der Waals surface area contributed by atoms with E-state index in [4.69, 9.17) is 11.6 Å². The smallest absolute Gasteiger partial charge is 0.239 e. The maximum atomic E-state index is 13.4. The predicted molar refractivity (Wildman–Crippen MR) is 99.6 cm³/mol. The molecule has 0 radical (unpaired) electrons. The summed E-state index contributed by atoms with van der Waals surface area (Å²) in [6, 6.07) is 11.2. The van der Waals surface area contributed by atoms with Crippen LogP contribution in [0.15, 0.2) is 42.5 Å². The van der Waals surface area contributed by atoms with Crippen molar-refractivity contribution >= 4 is 28.9 Å². The minimum atomic E-state index is -0.845. The number of carbonyl (C=O) groups is 1. The number of amides is 1. The lowest BCUT2D eigenvalue weighted by atomic mass is 10.1. The van der Waals surface area contributed by atoms with Crippen molar-refractivity contribution in [1.29, 1.82) is 0 Å². The highest BCUT2D eigenvalue weighted by atomic mass is 35.5. The minimum Gasteiger partial charge on any atom is -0.375 e. The van der Waals surface area contributed by atoms with E-state index < -0.39 is 11.6 Å². The quantitative estimate of drug-likeness (QED) is 0.804. The van der Waals surface area contributed by atoms with Crippen molar-refractivity contribution in [3.05, 3.63) is 59.1 Å². The molecule has 0 aromatic heterocycles. The Kier molecular flexibility index (Phi) is 5.93. The van der Waals surface area contributed by atoms with Crippen LogP contribution in [0.5, 0.6) is 0 Å². The van der Waals surface area contributed by atoms with Crippen molar-refractivity contribution in [2.24, 2.45) is 5.92 Å². The zero-order chi connectivity index (χ0) is 18.5. The first-order valence-electron chi connectivity index (χ1n) is 8.48. The highest BCUT2D eigenvalue weighted by Crippen LogP contribution is 2.25. The Morgan fingerprint density at radius 2 is 2.00 bits per heavy atom. The van der Waals surface area contributed by atoms with E-state index in [9.17, 15) is 13.6 Å². The molecular formula is C19H20ClF2N3O. The fourth-order valence-corrected chi connectivity index (χ4v) is 3.22. The summed E-state index contributed by atoms with van der Waals surface area (Å²) in [7, 11) is 0. The molecule has 0 aliphatic carbocycles. The number of nitrogens with one attached hydrogen (secondary N) is 2. The SMILES string of the molecule is O=C(CNc1ccccc1Cl)NCC1CCN(c2ccc(F)c(F)c2)C1. The van der Waals surface area contributed by atoms with Gasteiger partial charge in [0.05, 0.1) is 17.3 Å². The normalized spacial score (nSPS) is 16.6. The molecule has 2 N–H and O–H groups in total. The number of carbonyl (C=O) groups excluding carboxylic acids is 1. The lowest BCUT2D eigenvalue weighted by molar-refractivity contribution is -0.119. The Balaban J connectivity index is 1.43. The number of nitrogens with zero attached hydrogens (tertiary/aromatic N) is 1. The van der Waals surface area contributed by atoms with Crippen molar-refractivity contribution in [3.8, 4) is 0 Å². The first-order chi connectivity index (χ1) is 12.5. The number of anilines is 2. The molecule has 1 heterocycles. The van der Waals surface area contributed by atoms with E-state index in [1.807, 2.05) is 23.1 Å². The fourth-order valence-electron chi connectivity index (χ4n) is 3.02. The number of hydrogen-bond donors (Lipinski definition) is 2. The van der Waals surface area contributed by atoms with Crippen molar-refractivity contribution in [3.63, 3.8) is 0 Å². The molecule has 1 amide bonds. The number of hydrogen-bond acceptors (Lipinski definition) is 3. The molecule has 0 bridgehead atoms. The van der Waals surface area contributed by atoms with E-state index in [0.717, 1.165) is 24.7 Å². The largest absolute Gasteiger partial charge is 0.375 e. The summed E-state index contributed by atoms with van der Waals surface area (Å²) in [5, 5.41) is 6.47. The molecule has 26 heavy (non-hydrogen) atoms. The second kappa shape index (κ2) is 8.36. The van der Waals surface area contributed by atoms with E-state index in [-0.39, 0.29) is 18.4 Å². The first-order valence-corrected chi connectivity index (χ1v) is 8.86. The molecular weight excluding hydrogens is 360 g/mol. The van der Waals surface area contributed by atoms with Crippen LogP contribution in [0.3, 0.4) is 0 Å². The zero-order valence-corrected chi connectivity index (χ0v) is 14.9. The van der Waals surface area contributed by atoms with Gasteiger partial charge < -0.3 is 15.5 Å². The molecule has 4 nitrogen and oxygen atoms in total. The maximum absolute atomic E-state index is 13.4. The standard InChI is InChI=1S/C19H20ClF2N3O/c20-15-3-1-2-4-18(15)23-11-19(26)24-10-13-7-8-25(12-13)14-5-6-16(21)17(22)9-14/h1-6,9,13,23H,7-8,10-12H2,(H,24,26). The van der Waals surface area contributed by atoms with E-state index in [1.165, 1.54) is 6.07 Å². The monoisotopic (exact) mass is 379 g/mol. The van der Waals surface area contributed by atoms with Gasteiger partial charge in [0.25, 0.3) is 0 Å². The van der Waals surface area contributed by atoms with E-state index >= 15 is 0 Å². The summed E-state index contributed by atoms with van der Waals surface area (Å²) in [6.07, 6.45) is 0.886. The van der Waals surface area contributed by atoms with Crippen molar-refractivity contribution in [2.45, 2.75) is 6.42 Å². The van der Waals surface area contributed by atoms with Gasteiger partial charge in [-0.05, 0) is 36.6 Å². The molecule has 0 saturated carbocycles. The summed E-state index contributed by atoms with van der Waals surface area (Å²) in [5.74, 6) is -1.53. The summed E-state index contributed by atoms with van der Waals surface area (Å²) >= 11 is 6.03. The van der Waals surface area contributed by atoms with Gasteiger partial charge in [-0.1, -0.05) is 23.7 Å². The van der Waals surface area contributed by atoms with Gasteiger partial charge in [-0.3, -0.25) is 4.79 Å². The van der Waals surface area contributed by atoms with Gasteiger partial charge in [0.2, 0.25) is 5.91 Å². The van der Waals surface area contributed by atoms with Gasteiger partial charge in [0, 0.05) is 31.4 Å². The summed E-state index contributed by atoms with van der Waals surface area (Å²) in [6.45, 7) is 2.14. The van der Waals surface area contributed by atoms with Gasteiger partial charge in [0.1, 0.15) is 0 Å².